The molecule has 0 aromatic heterocycles. The van der Waals surface area contributed by atoms with E-state index in [2.05, 4.69) is 19.6 Å². The molecule has 0 saturated carbocycles. The van der Waals surface area contributed by atoms with Gasteiger partial charge >= 0.3 is 5.97 Å². The number of esters is 1. The Morgan fingerprint density at radius 3 is 2.46 bits per heavy atom. The summed E-state index contributed by atoms with van der Waals surface area (Å²) >= 11 is 1.35. The van der Waals surface area contributed by atoms with Crippen molar-refractivity contribution in [2.45, 2.75) is 51.7 Å². The quantitative estimate of drug-likeness (QED) is 0.131. The summed E-state index contributed by atoms with van der Waals surface area (Å²) in [5.74, 6) is -1.18. The SMILES string of the molecule is C[C@H](O[Si](C)(C)C)[C@@H]1C(=O)N2C(C(=O)OCc3ccc([N+](=O)[O-])cc3)=C(SC(=CCO)c3ccccc3)C[C@H]12. The molecule has 0 spiro atoms. The van der Waals surface area contributed by atoms with Gasteiger partial charge in [0.25, 0.3) is 5.69 Å². The first-order valence-electron chi connectivity index (χ1n) is 12.7. The van der Waals surface area contributed by atoms with E-state index in [9.17, 15) is 24.8 Å². The number of rotatable bonds is 11. The Hall–Kier alpha value is -3.25. The number of carbonyl (C=O) groups is 2. The maximum absolute atomic E-state index is 13.4. The highest BCUT2D eigenvalue weighted by Gasteiger charge is 2.58. The normalized spacial score (nSPS) is 20.0. The van der Waals surface area contributed by atoms with Crippen molar-refractivity contribution in [3.8, 4) is 0 Å². The van der Waals surface area contributed by atoms with Gasteiger partial charge in [-0.25, -0.2) is 4.79 Å². The van der Waals surface area contributed by atoms with Gasteiger partial charge in [-0.3, -0.25) is 14.9 Å². The van der Waals surface area contributed by atoms with Crippen LogP contribution in [0.25, 0.3) is 4.91 Å². The molecule has 0 radical (unpaired) electrons. The van der Waals surface area contributed by atoms with E-state index in [4.69, 9.17) is 9.16 Å². The van der Waals surface area contributed by atoms with Crippen LogP contribution in [0, 0.1) is 16.0 Å². The summed E-state index contributed by atoms with van der Waals surface area (Å²) in [4.78, 5) is 40.2. The number of ether oxygens (including phenoxy) is 1. The number of thioether (sulfide) groups is 1. The number of fused-ring (bicyclic) bond motifs is 1. The molecule has 2 aromatic rings. The zero-order valence-corrected chi connectivity index (χ0v) is 24.1. The number of carbonyl (C=O) groups excluding carboxylic acids is 2. The van der Waals surface area contributed by atoms with E-state index in [-0.39, 0.29) is 48.6 Å². The molecule has 3 atom stereocenters. The Bertz CT molecular complexity index is 1310. The van der Waals surface area contributed by atoms with Gasteiger partial charge in [-0.1, -0.05) is 42.1 Å². The fourth-order valence-corrected chi connectivity index (χ4v) is 7.37. The Labute approximate surface area is 232 Å². The van der Waals surface area contributed by atoms with Crippen LogP contribution in [-0.4, -0.2) is 53.9 Å². The highest BCUT2D eigenvalue weighted by molar-refractivity contribution is 8.11. The number of aliphatic hydroxyl groups excluding tert-OH is 1. The van der Waals surface area contributed by atoms with Crippen molar-refractivity contribution < 1.29 is 28.8 Å². The fourth-order valence-electron chi connectivity index (χ4n) is 4.90. The number of benzene rings is 2. The molecule has 1 amide bonds. The first kappa shape index (κ1) is 28.7. The number of aliphatic hydroxyl groups is 1. The molecule has 9 nitrogen and oxygen atoms in total. The van der Waals surface area contributed by atoms with E-state index < -0.39 is 19.2 Å². The predicted molar refractivity (Wildman–Crippen MR) is 152 cm³/mol. The average Bonchev–Trinajstić information content (AvgIpc) is 3.20. The van der Waals surface area contributed by atoms with E-state index in [1.807, 2.05) is 37.3 Å². The van der Waals surface area contributed by atoms with E-state index >= 15 is 0 Å². The number of hydrogen-bond donors (Lipinski definition) is 1. The molecule has 1 N–H and O–H groups in total. The minimum Gasteiger partial charge on any atom is -0.456 e. The van der Waals surface area contributed by atoms with Crippen LogP contribution >= 0.6 is 11.8 Å². The Kier molecular flexibility index (Phi) is 8.75. The van der Waals surface area contributed by atoms with Gasteiger partial charge in [0.05, 0.1) is 29.6 Å². The number of non-ortho nitro benzene ring substituents is 1. The highest BCUT2D eigenvalue weighted by Crippen LogP contribution is 2.50. The van der Waals surface area contributed by atoms with Crippen molar-refractivity contribution in [1.29, 1.82) is 0 Å². The lowest BCUT2D eigenvalue weighted by Crippen LogP contribution is -2.63. The average molecular weight is 569 g/mol. The Morgan fingerprint density at radius 1 is 1.21 bits per heavy atom. The molecule has 2 aliphatic rings. The zero-order chi connectivity index (χ0) is 28.3. The number of hydrogen-bond acceptors (Lipinski definition) is 8. The summed E-state index contributed by atoms with van der Waals surface area (Å²) in [6, 6.07) is 15.1. The van der Waals surface area contributed by atoms with Crippen LogP contribution in [-0.2, 0) is 25.4 Å². The maximum atomic E-state index is 13.4. The van der Waals surface area contributed by atoms with Crippen LogP contribution in [0.5, 0.6) is 0 Å². The summed E-state index contributed by atoms with van der Waals surface area (Å²) in [5.41, 5.74) is 1.62. The summed E-state index contributed by atoms with van der Waals surface area (Å²) < 4.78 is 11.8. The van der Waals surface area contributed by atoms with Gasteiger partial charge in [-0.2, -0.15) is 0 Å². The minimum atomic E-state index is -1.90. The molecule has 0 bridgehead atoms. The summed E-state index contributed by atoms with van der Waals surface area (Å²) in [7, 11) is -1.90. The maximum Gasteiger partial charge on any atom is 0.356 e. The lowest BCUT2D eigenvalue weighted by molar-refractivity contribution is -0.384. The Balaban J connectivity index is 1.60. The molecule has 39 heavy (non-hydrogen) atoms. The van der Waals surface area contributed by atoms with E-state index in [1.54, 1.807) is 6.08 Å². The monoisotopic (exact) mass is 568 g/mol. The van der Waals surface area contributed by atoms with Gasteiger partial charge < -0.3 is 19.2 Å². The van der Waals surface area contributed by atoms with Crippen LogP contribution in [0.1, 0.15) is 24.5 Å². The number of amides is 1. The summed E-state index contributed by atoms with van der Waals surface area (Å²) in [6.07, 6.45) is 1.87. The molecule has 0 aliphatic carbocycles. The van der Waals surface area contributed by atoms with Crippen LogP contribution in [0.4, 0.5) is 5.69 Å². The minimum absolute atomic E-state index is 0.0545. The van der Waals surface area contributed by atoms with Crippen LogP contribution < -0.4 is 0 Å². The molecule has 2 aliphatic heterocycles. The number of β-lactam (4-membered cyclic amide) rings is 1. The Morgan fingerprint density at radius 2 is 1.87 bits per heavy atom. The third-order valence-corrected chi connectivity index (χ3v) is 8.80. The van der Waals surface area contributed by atoms with Crippen molar-refractivity contribution in [2.75, 3.05) is 6.61 Å². The van der Waals surface area contributed by atoms with Gasteiger partial charge in [0.2, 0.25) is 5.91 Å². The number of nitro groups is 1. The molecule has 1 fully saturated rings. The van der Waals surface area contributed by atoms with Crippen molar-refractivity contribution in [1.82, 2.24) is 4.90 Å². The third-order valence-electron chi connectivity index (χ3n) is 6.49. The number of nitro benzene ring substituents is 1. The molecule has 0 unspecified atom stereocenters. The zero-order valence-electron chi connectivity index (χ0n) is 22.3. The summed E-state index contributed by atoms with van der Waals surface area (Å²) in [6.45, 7) is 7.86. The second kappa shape index (κ2) is 11.9. The van der Waals surface area contributed by atoms with Crippen molar-refractivity contribution in [2.24, 2.45) is 5.92 Å². The van der Waals surface area contributed by atoms with E-state index in [0.717, 1.165) is 10.5 Å². The molecule has 1 saturated heterocycles. The van der Waals surface area contributed by atoms with E-state index in [1.165, 1.54) is 40.9 Å². The fraction of sp³-hybridized carbons (Fsp3) is 0.357. The first-order valence-corrected chi connectivity index (χ1v) is 16.9. The molecule has 2 aromatic carbocycles. The molecule has 11 heteroatoms. The smallest absolute Gasteiger partial charge is 0.356 e. The van der Waals surface area contributed by atoms with E-state index in [0.29, 0.717) is 16.9 Å². The van der Waals surface area contributed by atoms with Crippen LogP contribution in [0.3, 0.4) is 0 Å². The number of nitrogens with zero attached hydrogens (tertiary/aromatic N) is 2. The van der Waals surface area contributed by atoms with Gasteiger partial charge in [0.15, 0.2) is 8.32 Å². The standard InChI is InChI=1S/C28H32N2O7SSi/c1-18(37-39(2,3)4)25-22-16-24(38-23(14-15-31)20-8-6-5-7-9-20)26(29(22)27(25)32)28(33)36-17-19-10-12-21(13-11-19)30(34)35/h5-14,18,22,25,31H,15-17H2,1-4H3/t18-,22+,25-/m0/s1. The lowest BCUT2D eigenvalue weighted by atomic mass is 9.83. The van der Waals surface area contributed by atoms with Gasteiger partial charge in [0.1, 0.15) is 12.3 Å². The molecule has 2 heterocycles. The second-order valence-corrected chi connectivity index (χ2v) is 16.0. The lowest BCUT2D eigenvalue weighted by Gasteiger charge is -2.47. The summed E-state index contributed by atoms with van der Waals surface area (Å²) in [5, 5.41) is 20.6. The molecule has 4 rings (SSSR count). The highest BCUT2D eigenvalue weighted by atomic mass is 32.2. The van der Waals surface area contributed by atoms with Crippen molar-refractivity contribution in [3.63, 3.8) is 0 Å². The largest absolute Gasteiger partial charge is 0.456 e. The molecule has 206 valence electrons. The van der Waals surface area contributed by atoms with Gasteiger partial charge in [0, 0.05) is 28.4 Å². The second-order valence-electron chi connectivity index (χ2n) is 10.4. The topological polar surface area (TPSA) is 119 Å². The van der Waals surface area contributed by atoms with Gasteiger partial charge in [-0.05, 0) is 55.9 Å². The van der Waals surface area contributed by atoms with Crippen LogP contribution in [0.2, 0.25) is 19.6 Å². The first-order chi connectivity index (χ1) is 18.5. The predicted octanol–water partition coefficient (Wildman–Crippen LogP) is 5.09. The third kappa shape index (κ3) is 6.49. The molecular weight excluding hydrogens is 536 g/mol. The van der Waals surface area contributed by atoms with Crippen LogP contribution in [0.15, 0.2) is 71.3 Å². The van der Waals surface area contributed by atoms with Crippen molar-refractivity contribution >= 4 is 42.5 Å². The molecular formula is C28H32N2O7SSi. The van der Waals surface area contributed by atoms with Gasteiger partial charge in [-0.15, -0.1) is 0 Å². The van der Waals surface area contributed by atoms with Crippen molar-refractivity contribution in [3.05, 3.63) is 92.5 Å².